The first kappa shape index (κ1) is 19.0. The number of nitrogens with zero attached hydrogens (tertiary/aromatic N) is 3. The molecule has 5 nitrogen and oxygen atoms in total. The van der Waals surface area contributed by atoms with E-state index < -0.39 is 5.97 Å². The second-order valence-electron chi connectivity index (χ2n) is 6.32. The van der Waals surface area contributed by atoms with Gasteiger partial charge in [0.1, 0.15) is 5.75 Å². The van der Waals surface area contributed by atoms with Crippen LogP contribution in [0, 0.1) is 0 Å². The Bertz CT molecular complexity index is 974. The van der Waals surface area contributed by atoms with Crippen molar-refractivity contribution < 1.29 is 9.53 Å². The topological polar surface area (TPSA) is 54.3 Å². The van der Waals surface area contributed by atoms with Crippen LogP contribution in [-0.4, -0.2) is 20.1 Å². The fourth-order valence-corrected chi connectivity index (χ4v) is 2.44. The maximum Gasteiger partial charge on any atom is 0.343 e. The summed E-state index contributed by atoms with van der Waals surface area (Å²) in [5, 5.41) is 8.42. The second kappa shape index (κ2) is 8.77. The molecule has 5 heteroatoms. The Hall–Kier alpha value is -3.73. The van der Waals surface area contributed by atoms with Crippen molar-refractivity contribution in [1.29, 1.82) is 0 Å². The minimum atomic E-state index is -0.422. The predicted octanol–water partition coefficient (Wildman–Crippen LogP) is 6.03. The summed E-state index contributed by atoms with van der Waals surface area (Å²) in [7, 11) is 3.97. The van der Waals surface area contributed by atoms with Crippen LogP contribution in [-0.2, 0) is 0 Å². The molecule has 0 atom stereocenters. The van der Waals surface area contributed by atoms with Gasteiger partial charge < -0.3 is 9.64 Å². The molecule has 0 unspecified atom stereocenters. The molecule has 0 amide bonds. The summed E-state index contributed by atoms with van der Waals surface area (Å²) >= 11 is 0. The van der Waals surface area contributed by atoms with Crippen molar-refractivity contribution in [1.82, 2.24) is 0 Å². The molecule has 0 aliphatic carbocycles. The standard InChI is InChI=1S/C23H21N3O2/c1-4-17-5-15-22(16-6-17)28-23(27)18-7-9-19(10-8-18)24-25-20-11-13-21(14-12-20)26(2)3/h4-16H,1H2,2-3H3. The number of hydrogen-bond donors (Lipinski definition) is 0. The van der Waals surface area contributed by atoms with Crippen LogP contribution >= 0.6 is 0 Å². The maximum atomic E-state index is 12.2. The zero-order valence-corrected chi connectivity index (χ0v) is 15.9. The molecule has 0 spiro atoms. The molecular weight excluding hydrogens is 350 g/mol. The van der Waals surface area contributed by atoms with Crippen LogP contribution in [0.1, 0.15) is 15.9 Å². The van der Waals surface area contributed by atoms with Crippen molar-refractivity contribution in [3.05, 3.63) is 90.5 Å². The smallest absolute Gasteiger partial charge is 0.343 e. The Morgan fingerprint density at radius 2 is 1.39 bits per heavy atom. The number of carbonyl (C=O) groups excluding carboxylic acids is 1. The molecule has 0 heterocycles. The third-order valence-corrected chi connectivity index (χ3v) is 4.08. The lowest BCUT2D eigenvalue weighted by molar-refractivity contribution is 0.0735. The SMILES string of the molecule is C=Cc1ccc(OC(=O)c2ccc(N=Nc3ccc(N(C)C)cc3)cc2)cc1. The van der Waals surface area contributed by atoms with Gasteiger partial charge >= 0.3 is 5.97 Å². The minimum absolute atomic E-state index is 0.422. The van der Waals surface area contributed by atoms with Crippen molar-refractivity contribution in [2.45, 2.75) is 0 Å². The highest BCUT2D eigenvalue weighted by atomic mass is 16.5. The predicted molar refractivity (Wildman–Crippen MR) is 113 cm³/mol. The molecular formula is C23H21N3O2. The van der Waals surface area contributed by atoms with Crippen LogP contribution in [0.2, 0.25) is 0 Å². The van der Waals surface area contributed by atoms with E-state index in [9.17, 15) is 4.79 Å². The molecule has 0 saturated heterocycles. The summed E-state index contributed by atoms with van der Waals surface area (Å²) < 4.78 is 5.37. The highest BCUT2D eigenvalue weighted by Crippen LogP contribution is 2.22. The third kappa shape index (κ3) is 4.92. The number of anilines is 1. The van der Waals surface area contributed by atoms with Crippen molar-refractivity contribution >= 4 is 29.1 Å². The molecule has 0 aliphatic heterocycles. The number of esters is 1. The van der Waals surface area contributed by atoms with Gasteiger partial charge in [-0.05, 0) is 66.2 Å². The summed E-state index contributed by atoms with van der Waals surface area (Å²) in [4.78, 5) is 14.3. The molecule has 140 valence electrons. The number of ether oxygens (including phenoxy) is 1. The molecule has 0 N–H and O–H groups in total. The van der Waals surface area contributed by atoms with Gasteiger partial charge in [-0.25, -0.2) is 4.79 Å². The van der Waals surface area contributed by atoms with Crippen molar-refractivity contribution in [3.63, 3.8) is 0 Å². The van der Waals surface area contributed by atoms with Crippen LogP contribution in [0.25, 0.3) is 6.08 Å². The van der Waals surface area contributed by atoms with Gasteiger partial charge in [-0.15, -0.1) is 0 Å². The molecule has 3 rings (SSSR count). The molecule has 0 radical (unpaired) electrons. The van der Waals surface area contributed by atoms with Gasteiger partial charge in [0.05, 0.1) is 16.9 Å². The molecule has 3 aromatic rings. The van der Waals surface area contributed by atoms with Crippen LogP contribution in [0.3, 0.4) is 0 Å². The third-order valence-electron chi connectivity index (χ3n) is 4.08. The van der Waals surface area contributed by atoms with Crippen molar-refractivity contribution in [3.8, 4) is 5.75 Å². The lowest BCUT2D eigenvalue weighted by Gasteiger charge is -2.11. The number of benzene rings is 3. The van der Waals surface area contributed by atoms with Crippen molar-refractivity contribution in [2.24, 2.45) is 10.2 Å². The highest BCUT2D eigenvalue weighted by molar-refractivity contribution is 5.91. The lowest BCUT2D eigenvalue weighted by Crippen LogP contribution is -2.07. The molecule has 28 heavy (non-hydrogen) atoms. The highest BCUT2D eigenvalue weighted by Gasteiger charge is 2.08. The van der Waals surface area contributed by atoms with Gasteiger partial charge in [0.2, 0.25) is 0 Å². The summed E-state index contributed by atoms with van der Waals surface area (Å²) in [6.07, 6.45) is 1.73. The first-order chi connectivity index (χ1) is 13.5. The van der Waals surface area contributed by atoms with Crippen LogP contribution in [0.4, 0.5) is 17.1 Å². The molecule has 3 aromatic carbocycles. The number of carbonyl (C=O) groups is 1. The first-order valence-electron chi connectivity index (χ1n) is 8.79. The molecule has 0 fully saturated rings. The maximum absolute atomic E-state index is 12.2. The van der Waals surface area contributed by atoms with E-state index in [0.717, 1.165) is 16.9 Å². The van der Waals surface area contributed by atoms with Crippen molar-refractivity contribution in [2.75, 3.05) is 19.0 Å². The van der Waals surface area contributed by atoms with E-state index in [1.165, 1.54) is 0 Å². The zero-order chi connectivity index (χ0) is 19.9. The Morgan fingerprint density at radius 3 is 1.89 bits per heavy atom. The van der Waals surface area contributed by atoms with E-state index in [1.807, 2.05) is 55.4 Å². The fraction of sp³-hybridized carbons (Fsp3) is 0.0870. The van der Waals surface area contributed by atoms with E-state index in [4.69, 9.17) is 4.74 Å². The second-order valence-corrected chi connectivity index (χ2v) is 6.32. The van der Waals surface area contributed by atoms with E-state index >= 15 is 0 Å². The first-order valence-corrected chi connectivity index (χ1v) is 8.79. The summed E-state index contributed by atoms with van der Waals surface area (Å²) in [5.41, 5.74) is 3.93. The Balaban J connectivity index is 1.63. The van der Waals surface area contributed by atoms with Crippen LogP contribution in [0.5, 0.6) is 5.75 Å². The average Bonchev–Trinajstić information content (AvgIpc) is 2.73. The number of hydrogen-bond acceptors (Lipinski definition) is 5. The van der Waals surface area contributed by atoms with Gasteiger partial charge in [-0.1, -0.05) is 24.8 Å². The minimum Gasteiger partial charge on any atom is -0.423 e. The molecule has 0 aliphatic rings. The summed E-state index contributed by atoms with van der Waals surface area (Å²) in [5.74, 6) is 0.0645. The monoisotopic (exact) mass is 371 g/mol. The van der Waals surface area contributed by atoms with Crippen LogP contribution in [0.15, 0.2) is 89.6 Å². The van der Waals surface area contributed by atoms with Gasteiger partial charge in [0.25, 0.3) is 0 Å². The van der Waals surface area contributed by atoms with Gasteiger partial charge in [0.15, 0.2) is 0 Å². The van der Waals surface area contributed by atoms with Gasteiger partial charge in [-0.3, -0.25) is 0 Å². The lowest BCUT2D eigenvalue weighted by atomic mass is 10.2. The van der Waals surface area contributed by atoms with E-state index in [-0.39, 0.29) is 0 Å². The Kier molecular flexibility index (Phi) is 5.97. The fourth-order valence-electron chi connectivity index (χ4n) is 2.44. The Labute approximate surface area is 164 Å². The van der Waals surface area contributed by atoms with Gasteiger partial charge in [-0.2, -0.15) is 10.2 Å². The van der Waals surface area contributed by atoms with E-state index in [0.29, 0.717) is 17.0 Å². The Morgan fingerprint density at radius 1 is 0.857 bits per heavy atom. The number of rotatable bonds is 6. The summed E-state index contributed by atoms with van der Waals surface area (Å²) in [6.45, 7) is 3.70. The number of azo groups is 1. The van der Waals surface area contributed by atoms with E-state index in [1.54, 1.807) is 42.5 Å². The summed E-state index contributed by atoms with van der Waals surface area (Å²) in [6, 6.07) is 21.7. The zero-order valence-electron chi connectivity index (χ0n) is 15.9. The van der Waals surface area contributed by atoms with Gasteiger partial charge in [0, 0.05) is 19.8 Å². The largest absolute Gasteiger partial charge is 0.423 e. The quantitative estimate of drug-likeness (QED) is 0.302. The average molecular weight is 371 g/mol. The molecule has 0 bridgehead atoms. The molecule has 0 saturated carbocycles. The molecule has 0 aromatic heterocycles. The normalized spacial score (nSPS) is 10.6. The van der Waals surface area contributed by atoms with Crippen LogP contribution < -0.4 is 9.64 Å². The van der Waals surface area contributed by atoms with E-state index in [2.05, 4.69) is 16.8 Å².